The number of carbonyl (C=O) groups is 1. The molecule has 2 unspecified atom stereocenters. The Bertz CT molecular complexity index is 424. The summed E-state index contributed by atoms with van der Waals surface area (Å²) in [7, 11) is 0. The number of amides is 1. The molecular formula is C14H21N3O. The van der Waals surface area contributed by atoms with E-state index in [1.807, 2.05) is 6.92 Å². The maximum Gasteiger partial charge on any atom is 0.251 e. The largest absolute Gasteiger partial charge is 0.384 e. The fourth-order valence-corrected chi connectivity index (χ4v) is 2.68. The zero-order valence-electron chi connectivity index (χ0n) is 11.1. The number of carbonyl (C=O) groups excluding carboxylic acids is 1. The molecule has 1 saturated carbocycles. The molecule has 0 aliphatic heterocycles. The van der Waals surface area contributed by atoms with Crippen LogP contribution >= 0.6 is 0 Å². The van der Waals surface area contributed by atoms with Crippen molar-refractivity contribution >= 4 is 11.7 Å². The van der Waals surface area contributed by atoms with Crippen molar-refractivity contribution in [3.05, 3.63) is 23.4 Å². The van der Waals surface area contributed by atoms with Gasteiger partial charge in [-0.1, -0.05) is 19.8 Å². The summed E-state index contributed by atoms with van der Waals surface area (Å²) in [6, 6.07) is 3.39. The minimum Gasteiger partial charge on any atom is -0.384 e. The zero-order valence-corrected chi connectivity index (χ0v) is 11.1. The maximum absolute atomic E-state index is 12.0. The summed E-state index contributed by atoms with van der Waals surface area (Å²) in [6.07, 6.45) is 3.78. The molecule has 18 heavy (non-hydrogen) atoms. The lowest BCUT2D eigenvalue weighted by atomic mass is 9.98. The van der Waals surface area contributed by atoms with Crippen LogP contribution in [0.25, 0.3) is 0 Å². The highest BCUT2D eigenvalue weighted by molar-refractivity contribution is 5.94. The van der Waals surface area contributed by atoms with Gasteiger partial charge in [0.25, 0.3) is 5.91 Å². The monoisotopic (exact) mass is 247 g/mol. The first kappa shape index (κ1) is 12.9. The molecule has 1 aromatic rings. The van der Waals surface area contributed by atoms with Crippen LogP contribution in [0.3, 0.4) is 0 Å². The molecule has 1 fully saturated rings. The summed E-state index contributed by atoms with van der Waals surface area (Å²) >= 11 is 0. The molecule has 1 aliphatic rings. The van der Waals surface area contributed by atoms with Gasteiger partial charge in [-0.05, 0) is 37.3 Å². The number of nitrogen functional groups attached to an aromatic ring is 1. The van der Waals surface area contributed by atoms with Crippen molar-refractivity contribution in [1.82, 2.24) is 10.3 Å². The van der Waals surface area contributed by atoms with Crippen LogP contribution < -0.4 is 11.1 Å². The quantitative estimate of drug-likeness (QED) is 0.859. The van der Waals surface area contributed by atoms with Gasteiger partial charge in [0.2, 0.25) is 0 Å². The van der Waals surface area contributed by atoms with E-state index in [1.165, 1.54) is 19.3 Å². The van der Waals surface area contributed by atoms with E-state index in [9.17, 15) is 4.79 Å². The number of nitrogens with two attached hydrogens (primary N) is 1. The summed E-state index contributed by atoms with van der Waals surface area (Å²) < 4.78 is 0. The van der Waals surface area contributed by atoms with Crippen LogP contribution in [0.15, 0.2) is 12.1 Å². The lowest BCUT2D eigenvalue weighted by Gasteiger charge is -2.16. The van der Waals surface area contributed by atoms with Gasteiger partial charge in [0, 0.05) is 17.8 Å². The van der Waals surface area contributed by atoms with Gasteiger partial charge in [0.05, 0.1) is 0 Å². The van der Waals surface area contributed by atoms with Crippen LogP contribution in [0.2, 0.25) is 0 Å². The van der Waals surface area contributed by atoms with Crippen LogP contribution in [-0.2, 0) is 0 Å². The number of anilines is 1. The van der Waals surface area contributed by atoms with E-state index >= 15 is 0 Å². The molecular weight excluding hydrogens is 226 g/mol. The first-order valence-corrected chi connectivity index (χ1v) is 6.58. The smallest absolute Gasteiger partial charge is 0.251 e. The van der Waals surface area contributed by atoms with Gasteiger partial charge in [0.15, 0.2) is 0 Å². The SMILES string of the molecule is Cc1cc(C(=O)NCC2CCCC2C)cc(N)n1. The van der Waals surface area contributed by atoms with Gasteiger partial charge < -0.3 is 11.1 Å². The second-order valence-electron chi connectivity index (χ2n) is 5.30. The fraction of sp³-hybridized carbons (Fsp3) is 0.571. The average Bonchev–Trinajstić information content (AvgIpc) is 2.70. The topological polar surface area (TPSA) is 68.0 Å². The normalized spacial score (nSPS) is 23.0. The number of aryl methyl sites for hydroxylation is 1. The van der Waals surface area contributed by atoms with Crippen LogP contribution in [0.4, 0.5) is 5.82 Å². The lowest BCUT2D eigenvalue weighted by molar-refractivity contribution is 0.0944. The summed E-state index contributed by atoms with van der Waals surface area (Å²) in [6.45, 7) is 4.87. The molecule has 0 radical (unpaired) electrons. The van der Waals surface area contributed by atoms with Crippen molar-refractivity contribution in [3.8, 4) is 0 Å². The third kappa shape index (κ3) is 3.00. The molecule has 4 nitrogen and oxygen atoms in total. The Labute approximate surface area is 108 Å². The summed E-state index contributed by atoms with van der Waals surface area (Å²) in [5.74, 6) is 1.68. The number of nitrogens with one attached hydrogen (secondary N) is 1. The maximum atomic E-state index is 12.0. The van der Waals surface area contributed by atoms with E-state index < -0.39 is 0 Å². The van der Waals surface area contributed by atoms with Crippen molar-refractivity contribution in [2.45, 2.75) is 33.1 Å². The van der Waals surface area contributed by atoms with Gasteiger partial charge in [-0.3, -0.25) is 4.79 Å². The number of rotatable bonds is 3. The van der Waals surface area contributed by atoms with Gasteiger partial charge in [-0.15, -0.1) is 0 Å². The lowest BCUT2D eigenvalue weighted by Crippen LogP contribution is -2.30. The molecule has 0 spiro atoms. The van der Waals surface area contributed by atoms with Gasteiger partial charge in [0.1, 0.15) is 5.82 Å². The van der Waals surface area contributed by atoms with Crippen molar-refractivity contribution in [2.24, 2.45) is 11.8 Å². The molecule has 1 aliphatic carbocycles. The van der Waals surface area contributed by atoms with Crippen molar-refractivity contribution in [1.29, 1.82) is 0 Å². The highest BCUT2D eigenvalue weighted by Gasteiger charge is 2.23. The Morgan fingerprint density at radius 1 is 1.50 bits per heavy atom. The molecule has 0 saturated heterocycles. The second-order valence-corrected chi connectivity index (χ2v) is 5.30. The minimum atomic E-state index is -0.0497. The van der Waals surface area contributed by atoms with Crippen molar-refractivity contribution < 1.29 is 4.79 Å². The highest BCUT2D eigenvalue weighted by atomic mass is 16.1. The van der Waals surface area contributed by atoms with Gasteiger partial charge in [-0.25, -0.2) is 4.98 Å². The van der Waals surface area contributed by atoms with E-state index in [0.717, 1.165) is 18.2 Å². The van der Waals surface area contributed by atoms with E-state index in [4.69, 9.17) is 5.73 Å². The Morgan fingerprint density at radius 3 is 2.89 bits per heavy atom. The average molecular weight is 247 g/mol. The number of pyridine rings is 1. The zero-order chi connectivity index (χ0) is 13.1. The molecule has 98 valence electrons. The molecule has 1 heterocycles. The molecule has 2 rings (SSSR count). The minimum absolute atomic E-state index is 0.0497. The Morgan fingerprint density at radius 2 is 2.28 bits per heavy atom. The number of hydrogen-bond acceptors (Lipinski definition) is 3. The Kier molecular flexibility index (Phi) is 3.84. The van der Waals surface area contributed by atoms with Crippen LogP contribution in [-0.4, -0.2) is 17.4 Å². The number of nitrogens with zero attached hydrogens (tertiary/aromatic N) is 1. The molecule has 3 N–H and O–H groups in total. The predicted molar refractivity (Wildman–Crippen MR) is 72.2 cm³/mol. The molecule has 4 heteroatoms. The second kappa shape index (κ2) is 5.38. The van der Waals surface area contributed by atoms with Crippen LogP contribution in [0.1, 0.15) is 42.2 Å². The first-order chi connectivity index (χ1) is 8.56. The van der Waals surface area contributed by atoms with Gasteiger partial charge >= 0.3 is 0 Å². The molecule has 1 aromatic heterocycles. The molecule has 2 atom stereocenters. The summed E-state index contributed by atoms with van der Waals surface area (Å²) in [4.78, 5) is 16.1. The van der Waals surface area contributed by atoms with E-state index in [0.29, 0.717) is 17.3 Å². The number of hydrogen-bond donors (Lipinski definition) is 2. The van der Waals surface area contributed by atoms with E-state index in [-0.39, 0.29) is 5.91 Å². The molecule has 0 bridgehead atoms. The summed E-state index contributed by atoms with van der Waals surface area (Å²) in [5, 5.41) is 3.00. The summed E-state index contributed by atoms with van der Waals surface area (Å²) in [5.41, 5.74) is 7.02. The predicted octanol–water partition coefficient (Wildman–Crippen LogP) is 2.14. The van der Waals surface area contributed by atoms with Crippen LogP contribution in [0, 0.1) is 18.8 Å². The Balaban J connectivity index is 1.95. The first-order valence-electron chi connectivity index (χ1n) is 6.58. The third-order valence-corrected chi connectivity index (χ3v) is 3.80. The van der Waals surface area contributed by atoms with Crippen LogP contribution in [0.5, 0.6) is 0 Å². The standard InChI is InChI=1S/C14H21N3O/c1-9-4-3-5-11(9)8-16-14(18)12-6-10(2)17-13(15)7-12/h6-7,9,11H,3-5,8H2,1-2H3,(H2,15,17)(H,16,18). The van der Waals surface area contributed by atoms with E-state index in [2.05, 4.69) is 17.2 Å². The third-order valence-electron chi connectivity index (χ3n) is 3.80. The molecule has 0 aromatic carbocycles. The Hall–Kier alpha value is -1.58. The van der Waals surface area contributed by atoms with E-state index in [1.54, 1.807) is 12.1 Å². The van der Waals surface area contributed by atoms with Gasteiger partial charge in [-0.2, -0.15) is 0 Å². The fourth-order valence-electron chi connectivity index (χ4n) is 2.68. The molecule has 1 amide bonds. The van der Waals surface area contributed by atoms with Crippen molar-refractivity contribution in [2.75, 3.05) is 12.3 Å². The van der Waals surface area contributed by atoms with Crippen molar-refractivity contribution in [3.63, 3.8) is 0 Å². The highest BCUT2D eigenvalue weighted by Crippen LogP contribution is 2.30. The number of aromatic nitrogens is 1.